The number of imide groups is 1. The summed E-state index contributed by atoms with van der Waals surface area (Å²) in [6, 6.07) is 6.56. The zero-order valence-corrected chi connectivity index (χ0v) is 11.7. The summed E-state index contributed by atoms with van der Waals surface area (Å²) in [6.45, 7) is 2.83. The molecule has 0 spiro atoms. The number of nitrogens with one attached hydrogen (secondary N) is 1. The van der Waals surface area contributed by atoms with E-state index in [2.05, 4.69) is 0 Å². The number of morpholine rings is 1. The highest BCUT2D eigenvalue weighted by molar-refractivity contribution is 6.31. The normalized spacial score (nSPS) is 24.4. The highest BCUT2D eigenvalue weighted by Crippen LogP contribution is 2.24. The van der Waals surface area contributed by atoms with Crippen LogP contribution in [-0.2, 0) is 14.3 Å². The third-order valence-corrected chi connectivity index (χ3v) is 4.08. The molecule has 0 aromatic heterocycles. The number of halogens is 1. The lowest BCUT2D eigenvalue weighted by Crippen LogP contribution is -3.18. The minimum absolute atomic E-state index is 0.130. The van der Waals surface area contributed by atoms with Crippen molar-refractivity contribution in [1.29, 1.82) is 0 Å². The second kappa shape index (κ2) is 5.52. The van der Waals surface area contributed by atoms with Crippen LogP contribution in [0.15, 0.2) is 24.3 Å². The van der Waals surface area contributed by atoms with E-state index in [1.807, 2.05) is 0 Å². The van der Waals surface area contributed by atoms with E-state index in [1.165, 1.54) is 4.90 Å². The average molecular weight is 296 g/mol. The molecule has 2 aliphatic heterocycles. The minimum atomic E-state index is -0.287. The van der Waals surface area contributed by atoms with Crippen LogP contribution in [0.25, 0.3) is 0 Å². The van der Waals surface area contributed by atoms with Crippen LogP contribution in [0.3, 0.4) is 0 Å². The fourth-order valence-electron chi connectivity index (χ4n) is 2.82. The third kappa shape index (κ3) is 2.44. The number of hydrogen-bond donors (Lipinski definition) is 1. The van der Waals surface area contributed by atoms with Gasteiger partial charge in [0.2, 0.25) is 5.91 Å². The summed E-state index contributed by atoms with van der Waals surface area (Å²) >= 11 is 5.93. The minimum Gasteiger partial charge on any atom is -0.370 e. The van der Waals surface area contributed by atoms with Gasteiger partial charge in [0.1, 0.15) is 13.1 Å². The van der Waals surface area contributed by atoms with Crippen molar-refractivity contribution < 1.29 is 19.2 Å². The van der Waals surface area contributed by atoms with Gasteiger partial charge in [-0.05, 0) is 18.2 Å². The second-order valence-corrected chi connectivity index (χ2v) is 5.51. The van der Waals surface area contributed by atoms with Gasteiger partial charge in [0.25, 0.3) is 5.91 Å². The van der Waals surface area contributed by atoms with Gasteiger partial charge < -0.3 is 9.64 Å². The van der Waals surface area contributed by atoms with Crippen molar-refractivity contribution in [2.24, 2.45) is 0 Å². The average Bonchev–Trinajstić information content (AvgIpc) is 2.75. The molecule has 1 N–H and O–H groups in total. The van der Waals surface area contributed by atoms with Crippen LogP contribution >= 0.6 is 11.6 Å². The van der Waals surface area contributed by atoms with E-state index in [0.717, 1.165) is 18.0 Å². The Morgan fingerprint density at radius 3 is 2.70 bits per heavy atom. The van der Waals surface area contributed by atoms with Gasteiger partial charge in [-0.3, -0.25) is 9.59 Å². The maximum atomic E-state index is 12.5. The van der Waals surface area contributed by atoms with E-state index in [-0.39, 0.29) is 24.3 Å². The van der Waals surface area contributed by atoms with Crippen LogP contribution < -0.4 is 9.80 Å². The molecule has 20 heavy (non-hydrogen) atoms. The predicted octanol–water partition coefficient (Wildman–Crippen LogP) is -0.113. The molecule has 1 aromatic rings. The van der Waals surface area contributed by atoms with Crippen molar-refractivity contribution in [3.05, 3.63) is 29.3 Å². The van der Waals surface area contributed by atoms with Crippen LogP contribution in [0.5, 0.6) is 0 Å². The first-order valence-electron chi connectivity index (χ1n) is 6.71. The SMILES string of the molecule is O=C1C[C@@H]([NH+]2CCOCC2)C(=O)N1c1cccc(Cl)c1. The van der Waals surface area contributed by atoms with E-state index in [9.17, 15) is 9.59 Å². The molecule has 0 unspecified atom stereocenters. The predicted molar refractivity (Wildman–Crippen MR) is 73.9 cm³/mol. The van der Waals surface area contributed by atoms with Gasteiger partial charge in [0.15, 0.2) is 6.04 Å². The number of quaternary nitrogens is 1. The van der Waals surface area contributed by atoms with Crippen LogP contribution in [0.2, 0.25) is 5.02 Å². The van der Waals surface area contributed by atoms with Gasteiger partial charge >= 0.3 is 0 Å². The topological polar surface area (TPSA) is 51.1 Å². The Bertz CT molecular complexity index is 543. The molecule has 106 valence electrons. The highest BCUT2D eigenvalue weighted by atomic mass is 35.5. The lowest BCUT2D eigenvalue weighted by atomic mass is 10.2. The number of benzene rings is 1. The molecule has 0 radical (unpaired) electrons. The first-order valence-corrected chi connectivity index (χ1v) is 7.09. The van der Waals surface area contributed by atoms with Crippen LogP contribution in [0.1, 0.15) is 6.42 Å². The first-order chi connectivity index (χ1) is 9.66. The molecule has 0 bridgehead atoms. The molecular weight excluding hydrogens is 280 g/mol. The Labute approximate surface area is 122 Å². The monoisotopic (exact) mass is 295 g/mol. The Kier molecular flexibility index (Phi) is 3.74. The van der Waals surface area contributed by atoms with Crippen molar-refractivity contribution in [2.45, 2.75) is 12.5 Å². The number of hydrogen-bond acceptors (Lipinski definition) is 3. The fraction of sp³-hybridized carbons (Fsp3) is 0.429. The van der Waals surface area contributed by atoms with Crippen molar-refractivity contribution in [1.82, 2.24) is 0 Å². The molecule has 2 fully saturated rings. The number of ether oxygens (including phenoxy) is 1. The van der Waals surface area contributed by atoms with E-state index < -0.39 is 0 Å². The molecule has 2 heterocycles. The molecule has 3 rings (SSSR count). The lowest BCUT2D eigenvalue weighted by Gasteiger charge is -2.27. The number of carbonyl (C=O) groups excluding carboxylic acids is 2. The molecule has 5 nitrogen and oxygen atoms in total. The lowest BCUT2D eigenvalue weighted by molar-refractivity contribution is -0.922. The summed E-state index contributed by atoms with van der Waals surface area (Å²) in [5, 5.41) is 0.519. The standard InChI is InChI=1S/C14H15ClN2O3/c15-10-2-1-3-11(8-10)17-13(18)9-12(14(17)19)16-4-6-20-7-5-16/h1-3,8,12H,4-7,9H2/p+1/t12-/m1/s1. The maximum absolute atomic E-state index is 12.5. The molecule has 6 heteroatoms. The smallest absolute Gasteiger partial charge is 0.292 e. The summed E-state index contributed by atoms with van der Waals surface area (Å²) in [5.41, 5.74) is 0.558. The van der Waals surface area contributed by atoms with Gasteiger partial charge in [0.05, 0.1) is 25.3 Å². The number of amides is 2. The Morgan fingerprint density at radius 2 is 2.00 bits per heavy atom. The summed E-state index contributed by atoms with van der Waals surface area (Å²) in [4.78, 5) is 27.1. The van der Waals surface area contributed by atoms with Crippen LogP contribution in [-0.4, -0.2) is 44.2 Å². The van der Waals surface area contributed by atoms with Crippen molar-refractivity contribution in [3.8, 4) is 0 Å². The molecule has 1 aromatic carbocycles. The molecule has 0 saturated carbocycles. The first kappa shape index (κ1) is 13.5. The van der Waals surface area contributed by atoms with E-state index >= 15 is 0 Å². The Hall–Kier alpha value is -1.43. The second-order valence-electron chi connectivity index (χ2n) is 5.07. The number of rotatable bonds is 2. The molecular formula is C14H16ClN2O3+. The fourth-order valence-corrected chi connectivity index (χ4v) is 3.00. The van der Waals surface area contributed by atoms with Gasteiger partial charge in [-0.25, -0.2) is 4.90 Å². The highest BCUT2D eigenvalue weighted by Gasteiger charge is 2.46. The van der Waals surface area contributed by atoms with Crippen LogP contribution in [0, 0.1) is 0 Å². The summed E-state index contributed by atoms with van der Waals surface area (Å²) < 4.78 is 5.30. The number of nitrogens with zero attached hydrogens (tertiary/aromatic N) is 1. The van der Waals surface area contributed by atoms with Crippen molar-refractivity contribution in [3.63, 3.8) is 0 Å². The molecule has 2 amide bonds. The molecule has 0 aliphatic carbocycles. The third-order valence-electron chi connectivity index (χ3n) is 3.84. The van der Waals surface area contributed by atoms with Crippen LogP contribution in [0.4, 0.5) is 5.69 Å². The van der Waals surface area contributed by atoms with Gasteiger partial charge in [0, 0.05) is 5.02 Å². The largest absolute Gasteiger partial charge is 0.370 e. The molecule has 2 saturated heterocycles. The van der Waals surface area contributed by atoms with Crippen molar-refractivity contribution in [2.75, 3.05) is 31.2 Å². The summed E-state index contributed by atoms with van der Waals surface area (Å²) in [7, 11) is 0. The number of carbonyl (C=O) groups is 2. The Morgan fingerprint density at radius 1 is 1.25 bits per heavy atom. The van der Waals surface area contributed by atoms with Gasteiger partial charge in [-0.15, -0.1) is 0 Å². The van der Waals surface area contributed by atoms with Gasteiger partial charge in [-0.1, -0.05) is 17.7 Å². The van der Waals surface area contributed by atoms with E-state index in [0.29, 0.717) is 23.9 Å². The molecule has 2 aliphatic rings. The van der Waals surface area contributed by atoms with Crippen molar-refractivity contribution >= 4 is 29.1 Å². The van der Waals surface area contributed by atoms with Gasteiger partial charge in [-0.2, -0.15) is 0 Å². The van der Waals surface area contributed by atoms with E-state index in [4.69, 9.17) is 16.3 Å². The molecule has 1 atom stereocenters. The summed E-state index contributed by atoms with van der Waals surface area (Å²) in [6.07, 6.45) is 0.265. The maximum Gasteiger partial charge on any atom is 0.292 e. The quantitative estimate of drug-likeness (QED) is 0.775. The summed E-state index contributed by atoms with van der Waals surface area (Å²) in [5.74, 6) is -0.282. The zero-order valence-electron chi connectivity index (χ0n) is 11.0. The zero-order chi connectivity index (χ0) is 14.1. The van der Waals surface area contributed by atoms with E-state index in [1.54, 1.807) is 24.3 Å². The number of anilines is 1. The Balaban J connectivity index is 1.83.